The van der Waals surface area contributed by atoms with Gasteiger partial charge in [-0.3, -0.25) is 14.4 Å². The smallest absolute Gasteiger partial charge is 0.306 e. The molecular formula is C58H112O6. The van der Waals surface area contributed by atoms with Crippen molar-refractivity contribution in [1.29, 1.82) is 0 Å². The minimum atomic E-state index is -0.760. The summed E-state index contributed by atoms with van der Waals surface area (Å²) in [6.07, 6.45) is 56.7. The van der Waals surface area contributed by atoms with Crippen molar-refractivity contribution < 1.29 is 28.6 Å². The predicted octanol–water partition coefficient (Wildman–Crippen LogP) is 19.0. The summed E-state index contributed by atoms with van der Waals surface area (Å²) < 4.78 is 16.9. The summed E-state index contributed by atoms with van der Waals surface area (Å²) in [5.74, 6) is 0.0214. The highest BCUT2D eigenvalue weighted by Crippen LogP contribution is 2.18. The van der Waals surface area contributed by atoms with Crippen molar-refractivity contribution in [3.05, 3.63) is 0 Å². The molecule has 0 aliphatic carbocycles. The third kappa shape index (κ3) is 51.4. The molecule has 0 aliphatic rings. The van der Waals surface area contributed by atoms with Crippen molar-refractivity contribution in [2.24, 2.45) is 5.92 Å². The van der Waals surface area contributed by atoms with Gasteiger partial charge in [0.15, 0.2) is 6.10 Å². The van der Waals surface area contributed by atoms with E-state index in [0.717, 1.165) is 63.7 Å². The molecule has 0 amide bonds. The molecule has 0 fully saturated rings. The number of hydrogen-bond donors (Lipinski definition) is 0. The molecule has 0 unspecified atom stereocenters. The average Bonchev–Trinajstić information content (AvgIpc) is 3.28. The van der Waals surface area contributed by atoms with Crippen LogP contribution in [0.5, 0.6) is 0 Å². The van der Waals surface area contributed by atoms with Gasteiger partial charge in [0, 0.05) is 19.3 Å². The van der Waals surface area contributed by atoms with E-state index in [9.17, 15) is 14.4 Å². The van der Waals surface area contributed by atoms with Crippen molar-refractivity contribution in [1.82, 2.24) is 0 Å². The molecule has 0 aromatic carbocycles. The average molecular weight is 906 g/mol. The van der Waals surface area contributed by atoms with E-state index in [1.165, 1.54) is 225 Å². The predicted molar refractivity (Wildman–Crippen MR) is 275 cm³/mol. The maximum atomic E-state index is 12.8. The van der Waals surface area contributed by atoms with Gasteiger partial charge in [0.25, 0.3) is 0 Å². The lowest BCUT2D eigenvalue weighted by molar-refractivity contribution is -0.167. The Morgan fingerprint density at radius 1 is 0.297 bits per heavy atom. The highest BCUT2D eigenvalue weighted by atomic mass is 16.6. The first-order valence-corrected chi connectivity index (χ1v) is 28.9. The molecule has 6 heteroatoms. The largest absolute Gasteiger partial charge is 0.462 e. The van der Waals surface area contributed by atoms with Crippen molar-refractivity contribution >= 4 is 17.9 Å². The van der Waals surface area contributed by atoms with Crippen LogP contribution in [-0.4, -0.2) is 37.2 Å². The Kier molecular flexibility index (Phi) is 51.1. The first kappa shape index (κ1) is 62.4. The standard InChI is InChI=1S/C58H112O6/c1-5-7-9-11-13-15-17-18-23-27-30-34-37-41-45-49-56(59)62-52-55(64-58(61)51-47-43-39-33-16-14-12-10-8-6-2)53-63-57(60)50-46-42-38-35-31-28-25-22-20-19-21-24-26-29-32-36-40-44-48-54(3)4/h54-55H,5-53H2,1-4H3/t55-/m1/s1. The fourth-order valence-corrected chi connectivity index (χ4v) is 8.92. The van der Waals surface area contributed by atoms with Crippen molar-refractivity contribution in [3.63, 3.8) is 0 Å². The second-order valence-electron chi connectivity index (χ2n) is 20.4. The molecule has 6 nitrogen and oxygen atoms in total. The highest BCUT2D eigenvalue weighted by molar-refractivity contribution is 5.71. The molecule has 0 aromatic heterocycles. The summed E-state index contributed by atoms with van der Waals surface area (Å²) in [5, 5.41) is 0. The van der Waals surface area contributed by atoms with Gasteiger partial charge in [-0.05, 0) is 25.2 Å². The second kappa shape index (κ2) is 52.4. The van der Waals surface area contributed by atoms with Gasteiger partial charge in [-0.25, -0.2) is 0 Å². The molecule has 0 heterocycles. The van der Waals surface area contributed by atoms with E-state index in [4.69, 9.17) is 14.2 Å². The SMILES string of the molecule is CCCCCCCCCCCCCCCCCC(=O)OC[C@H](COC(=O)CCCCCCCCCCCCCCCCCCCCC(C)C)OC(=O)CCCCCCCCCCCC. The minimum Gasteiger partial charge on any atom is -0.462 e. The molecule has 0 aliphatic heterocycles. The summed E-state index contributed by atoms with van der Waals surface area (Å²) in [5.41, 5.74) is 0. The van der Waals surface area contributed by atoms with Crippen LogP contribution in [0.15, 0.2) is 0 Å². The van der Waals surface area contributed by atoms with Crippen LogP contribution in [0.3, 0.4) is 0 Å². The molecule has 0 aromatic rings. The van der Waals surface area contributed by atoms with Crippen LogP contribution in [0.25, 0.3) is 0 Å². The zero-order valence-electron chi connectivity index (χ0n) is 43.8. The summed E-state index contributed by atoms with van der Waals surface area (Å²) in [4.78, 5) is 38.0. The molecule has 0 rings (SSSR count). The second-order valence-corrected chi connectivity index (χ2v) is 20.4. The first-order valence-electron chi connectivity index (χ1n) is 28.9. The van der Waals surface area contributed by atoms with Gasteiger partial charge in [0.05, 0.1) is 0 Å². The molecule has 0 N–H and O–H groups in total. The number of carbonyl (C=O) groups is 3. The fraction of sp³-hybridized carbons (Fsp3) is 0.948. The van der Waals surface area contributed by atoms with Crippen molar-refractivity contribution in [3.8, 4) is 0 Å². The minimum absolute atomic E-state index is 0.0620. The fourth-order valence-electron chi connectivity index (χ4n) is 8.92. The van der Waals surface area contributed by atoms with Crippen LogP contribution >= 0.6 is 0 Å². The van der Waals surface area contributed by atoms with E-state index < -0.39 is 6.10 Å². The Hall–Kier alpha value is -1.59. The molecule has 64 heavy (non-hydrogen) atoms. The third-order valence-corrected chi connectivity index (χ3v) is 13.3. The molecule has 0 radical (unpaired) electrons. The van der Waals surface area contributed by atoms with Gasteiger partial charge in [-0.1, -0.05) is 291 Å². The highest BCUT2D eigenvalue weighted by Gasteiger charge is 2.19. The van der Waals surface area contributed by atoms with Crippen molar-refractivity contribution in [2.45, 2.75) is 336 Å². The topological polar surface area (TPSA) is 78.9 Å². The molecule has 380 valence electrons. The lowest BCUT2D eigenvalue weighted by atomic mass is 10.0. The normalized spacial score (nSPS) is 12.0. The summed E-state index contributed by atoms with van der Waals surface area (Å²) in [6.45, 7) is 9.06. The van der Waals surface area contributed by atoms with Crippen LogP contribution in [0, 0.1) is 5.92 Å². The molecule has 0 spiro atoms. The van der Waals surface area contributed by atoms with E-state index in [1.807, 2.05) is 0 Å². The van der Waals surface area contributed by atoms with E-state index in [0.29, 0.717) is 19.3 Å². The van der Waals surface area contributed by atoms with Gasteiger partial charge < -0.3 is 14.2 Å². The van der Waals surface area contributed by atoms with Crippen molar-refractivity contribution in [2.75, 3.05) is 13.2 Å². The lowest BCUT2D eigenvalue weighted by Crippen LogP contribution is -2.30. The molecule has 0 saturated carbocycles. The Morgan fingerprint density at radius 2 is 0.516 bits per heavy atom. The van der Waals surface area contributed by atoms with Crippen LogP contribution in [0.4, 0.5) is 0 Å². The van der Waals surface area contributed by atoms with Crippen LogP contribution in [0.1, 0.15) is 329 Å². The van der Waals surface area contributed by atoms with Crippen LogP contribution in [0.2, 0.25) is 0 Å². The van der Waals surface area contributed by atoms with Crippen LogP contribution in [-0.2, 0) is 28.6 Å². The monoisotopic (exact) mass is 905 g/mol. The number of carbonyl (C=O) groups excluding carboxylic acids is 3. The first-order chi connectivity index (χ1) is 31.4. The van der Waals surface area contributed by atoms with E-state index in [-0.39, 0.29) is 31.1 Å². The summed E-state index contributed by atoms with van der Waals surface area (Å²) in [6, 6.07) is 0. The lowest BCUT2D eigenvalue weighted by Gasteiger charge is -2.18. The number of rotatable bonds is 53. The van der Waals surface area contributed by atoms with E-state index >= 15 is 0 Å². The Labute approximate surface area is 399 Å². The Balaban J connectivity index is 4.18. The maximum absolute atomic E-state index is 12.8. The summed E-state index contributed by atoms with van der Waals surface area (Å²) >= 11 is 0. The van der Waals surface area contributed by atoms with E-state index in [2.05, 4.69) is 27.7 Å². The molecule has 0 saturated heterocycles. The Bertz CT molecular complexity index is 964. The zero-order chi connectivity index (χ0) is 46.7. The molecule has 1 atom stereocenters. The quantitative estimate of drug-likeness (QED) is 0.0344. The van der Waals surface area contributed by atoms with Gasteiger partial charge in [0.1, 0.15) is 13.2 Å². The molecule has 0 bridgehead atoms. The van der Waals surface area contributed by atoms with E-state index in [1.54, 1.807) is 0 Å². The summed E-state index contributed by atoms with van der Waals surface area (Å²) in [7, 11) is 0. The Morgan fingerprint density at radius 3 is 0.766 bits per heavy atom. The van der Waals surface area contributed by atoms with Gasteiger partial charge in [-0.15, -0.1) is 0 Å². The number of esters is 3. The molecular weight excluding hydrogens is 793 g/mol. The third-order valence-electron chi connectivity index (χ3n) is 13.3. The number of ether oxygens (including phenoxy) is 3. The number of unbranched alkanes of at least 4 members (excludes halogenated alkanes) is 40. The van der Waals surface area contributed by atoms with Gasteiger partial charge in [0.2, 0.25) is 0 Å². The van der Waals surface area contributed by atoms with Crippen LogP contribution < -0.4 is 0 Å². The van der Waals surface area contributed by atoms with Gasteiger partial charge in [-0.2, -0.15) is 0 Å². The maximum Gasteiger partial charge on any atom is 0.306 e. The zero-order valence-corrected chi connectivity index (χ0v) is 43.8. The number of hydrogen-bond acceptors (Lipinski definition) is 6. The van der Waals surface area contributed by atoms with Gasteiger partial charge >= 0.3 is 17.9 Å².